The van der Waals surface area contributed by atoms with Crippen LogP contribution in [0.2, 0.25) is 0 Å². The molecule has 1 aliphatic carbocycles. The molecular weight excluding hydrogens is 244 g/mol. The van der Waals surface area contributed by atoms with Crippen molar-refractivity contribution in [3.05, 3.63) is 71.9 Å². The van der Waals surface area contributed by atoms with Crippen molar-refractivity contribution in [3.63, 3.8) is 0 Å². The molecule has 0 fully saturated rings. The summed E-state index contributed by atoms with van der Waals surface area (Å²) >= 11 is 0. The topological polar surface area (TPSA) is 24.9 Å². The number of fused-ring (bicyclic) bond motifs is 2. The van der Waals surface area contributed by atoms with Crippen LogP contribution < -0.4 is 5.32 Å². The maximum Gasteiger partial charge on any atom is 0.134 e. The number of aromatic nitrogens is 1. The summed E-state index contributed by atoms with van der Waals surface area (Å²) in [6.45, 7) is 0. The first-order chi connectivity index (χ1) is 9.90. The van der Waals surface area contributed by atoms with Gasteiger partial charge in [-0.15, -0.1) is 0 Å². The third-order valence-electron chi connectivity index (χ3n) is 4.07. The number of anilines is 1. The largest absolute Gasteiger partial charge is 0.366 e. The van der Waals surface area contributed by atoms with Gasteiger partial charge < -0.3 is 5.32 Å². The van der Waals surface area contributed by atoms with Crippen molar-refractivity contribution in [2.24, 2.45) is 0 Å². The summed E-state index contributed by atoms with van der Waals surface area (Å²) in [7, 11) is 0. The van der Waals surface area contributed by atoms with Crippen LogP contribution in [0.25, 0.3) is 10.8 Å². The van der Waals surface area contributed by atoms with E-state index in [9.17, 15) is 0 Å². The maximum absolute atomic E-state index is 4.52. The summed E-state index contributed by atoms with van der Waals surface area (Å²) < 4.78 is 0. The quantitative estimate of drug-likeness (QED) is 0.757. The lowest BCUT2D eigenvalue weighted by Gasteiger charge is -2.14. The van der Waals surface area contributed by atoms with Gasteiger partial charge >= 0.3 is 0 Å². The fourth-order valence-electron chi connectivity index (χ4n) is 3.09. The number of nitrogens with zero attached hydrogens (tertiary/aromatic N) is 1. The average molecular weight is 260 g/mol. The van der Waals surface area contributed by atoms with Gasteiger partial charge in [-0.25, -0.2) is 4.98 Å². The van der Waals surface area contributed by atoms with E-state index in [1.54, 1.807) is 0 Å². The molecule has 2 aromatic carbocycles. The highest BCUT2D eigenvalue weighted by Gasteiger charge is 2.21. The molecule has 0 atom stereocenters. The number of benzene rings is 2. The van der Waals surface area contributed by atoms with Gasteiger partial charge in [-0.1, -0.05) is 48.5 Å². The molecule has 0 saturated heterocycles. The number of hydrogen-bond acceptors (Lipinski definition) is 2. The molecule has 3 aromatic rings. The van der Waals surface area contributed by atoms with Gasteiger partial charge in [0.1, 0.15) is 5.82 Å². The predicted molar refractivity (Wildman–Crippen MR) is 83.0 cm³/mol. The fourth-order valence-corrected chi connectivity index (χ4v) is 3.09. The Kier molecular flexibility index (Phi) is 2.66. The van der Waals surface area contributed by atoms with Gasteiger partial charge in [0.05, 0.1) is 0 Å². The molecule has 0 radical (unpaired) electrons. The fraction of sp³-hybridized carbons (Fsp3) is 0.167. The second-order valence-corrected chi connectivity index (χ2v) is 5.40. The SMILES string of the molecule is c1ccc2c(c1)CC(Nc1nccc3ccccc13)C2. The van der Waals surface area contributed by atoms with Gasteiger partial charge in [-0.3, -0.25) is 0 Å². The van der Waals surface area contributed by atoms with E-state index in [2.05, 4.69) is 64.9 Å². The van der Waals surface area contributed by atoms with Crippen molar-refractivity contribution in [3.8, 4) is 0 Å². The van der Waals surface area contributed by atoms with Crippen LogP contribution in [0.3, 0.4) is 0 Å². The van der Waals surface area contributed by atoms with Gasteiger partial charge in [0.2, 0.25) is 0 Å². The lowest BCUT2D eigenvalue weighted by molar-refractivity contribution is 0.770. The molecule has 0 aliphatic heterocycles. The van der Waals surface area contributed by atoms with Gasteiger partial charge in [0, 0.05) is 17.6 Å². The molecule has 98 valence electrons. The van der Waals surface area contributed by atoms with E-state index in [4.69, 9.17) is 0 Å². The summed E-state index contributed by atoms with van der Waals surface area (Å²) in [5.41, 5.74) is 2.93. The zero-order valence-electron chi connectivity index (χ0n) is 11.2. The number of rotatable bonds is 2. The maximum atomic E-state index is 4.52. The second kappa shape index (κ2) is 4.64. The van der Waals surface area contributed by atoms with Crippen LogP contribution in [0, 0.1) is 0 Å². The zero-order chi connectivity index (χ0) is 13.4. The summed E-state index contributed by atoms with van der Waals surface area (Å²) in [5, 5.41) is 6.06. The van der Waals surface area contributed by atoms with Crippen molar-refractivity contribution in [2.75, 3.05) is 5.32 Å². The molecule has 1 heterocycles. The molecule has 0 unspecified atom stereocenters. The average Bonchev–Trinajstić information content (AvgIpc) is 2.90. The van der Waals surface area contributed by atoms with Crippen molar-refractivity contribution in [1.29, 1.82) is 0 Å². The Morgan fingerprint density at radius 1 is 0.850 bits per heavy atom. The Morgan fingerprint density at radius 3 is 2.35 bits per heavy atom. The van der Waals surface area contributed by atoms with Gasteiger partial charge in [-0.2, -0.15) is 0 Å². The number of nitrogens with one attached hydrogen (secondary N) is 1. The van der Waals surface area contributed by atoms with Gasteiger partial charge in [-0.05, 0) is 35.4 Å². The minimum absolute atomic E-state index is 0.450. The standard InChI is InChI=1S/C18H16N2/c1-2-7-15-12-16(11-14(15)6-1)20-18-17-8-4-3-5-13(17)9-10-19-18/h1-10,16H,11-12H2,(H,19,20). The minimum atomic E-state index is 0.450. The third kappa shape index (κ3) is 1.94. The lowest BCUT2D eigenvalue weighted by Crippen LogP contribution is -2.20. The first-order valence-electron chi connectivity index (χ1n) is 7.07. The molecule has 2 heteroatoms. The van der Waals surface area contributed by atoms with E-state index in [1.807, 2.05) is 6.20 Å². The van der Waals surface area contributed by atoms with Gasteiger partial charge in [0.25, 0.3) is 0 Å². The first kappa shape index (κ1) is 11.5. The Hall–Kier alpha value is -2.35. The summed E-state index contributed by atoms with van der Waals surface area (Å²) in [5.74, 6) is 1.00. The highest BCUT2D eigenvalue weighted by Crippen LogP contribution is 2.26. The third-order valence-corrected chi connectivity index (χ3v) is 4.07. The molecule has 0 spiro atoms. The molecule has 1 aliphatic rings. The molecule has 4 rings (SSSR count). The monoisotopic (exact) mass is 260 g/mol. The van der Waals surface area contributed by atoms with E-state index in [0.717, 1.165) is 18.7 Å². The Bertz CT molecular complexity index is 734. The van der Waals surface area contributed by atoms with Crippen LogP contribution >= 0.6 is 0 Å². The van der Waals surface area contributed by atoms with E-state index in [0.29, 0.717) is 6.04 Å². The van der Waals surface area contributed by atoms with E-state index < -0.39 is 0 Å². The van der Waals surface area contributed by atoms with Crippen molar-refractivity contribution in [1.82, 2.24) is 4.98 Å². The molecule has 20 heavy (non-hydrogen) atoms. The van der Waals surface area contributed by atoms with Crippen LogP contribution in [0.4, 0.5) is 5.82 Å². The van der Waals surface area contributed by atoms with Gasteiger partial charge in [0.15, 0.2) is 0 Å². The molecule has 0 saturated carbocycles. The zero-order valence-corrected chi connectivity index (χ0v) is 11.2. The normalized spacial score (nSPS) is 14.4. The predicted octanol–water partition coefficient (Wildman–Crippen LogP) is 3.81. The smallest absolute Gasteiger partial charge is 0.134 e. The number of hydrogen-bond donors (Lipinski definition) is 1. The highest BCUT2D eigenvalue weighted by atomic mass is 15.0. The van der Waals surface area contributed by atoms with Crippen molar-refractivity contribution in [2.45, 2.75) is 18.9 Å². The van der Waals surface area contributed by atoms with E-state index in [1.165, 1.54) is 21.9 Å². The number of pyridine rings is 1. The second-order valence-electron chi connectivity index (χ2n) is 5.40. The van der Waals surface area contributed by atoms with Crippen LogP contribution in [-0.2, 0) is 12.8 Å². The molecule has 1 N–H and O–H groups in total. The molecule has 0 amide bonds. The Morgan fingerprint density at radius 2 is 1.55 bits per heavy atom. The van der Waals surface area contributed by atoms with Crippen LogP contribution in [0.15, 0.2) is 60.8 Å². The van der Waals surface area contributed by atoms with Crippen molar-refractivity contribution < 1.29 is 0 Å². The Labute approximate surface area is 118 Å². The van der Waals surface area contributed by atoms with Crippen LogP contribution in [0.1, 0.15) is 11.1 Å². The van der Waals surface area contributed by atoms with E-state index >= 15 is 0 Å². The minimum Gasteiger partial charge on any atom is -0.366 e. The summed E-state index contributed by atoms with van der Waals surface area (Å²) in [4.78, 5) is 4.52. The molecular formula is C18H16N2. The summed E-state index contributed by atoms with van der Waals surface area (Å²) in [6.07, 6.45) is 4.05. The summed E-state index contributed by atoms with van der Waals surface area (Å²) in [6, 6.07) is 19.6. The highest BCUT2D eigenvalue weighted by molar-refractivity contribution is 5.91. The van der Waals surface area contributed by atoms with Crippen LogP contribution in [-0.4, -0.2) is 11.0 Å². The molecule has 0 bridgehead atoms. The molecule has 2 nitrogen and oxygen atoms in total. The Balaban J connectivity index is 1.64. The van der Waals surface area contributed by atoms with Crippen LogP contribution in [0.5, 0.6) is 0 Å². The lowest BCUT2D eigenvalue weighted by atomic mass is 10.1. The van der Waals surface area contributed by atoms with E-state index in [-0.39, 0.29) is 0 Å². The van der Waals surface area contributed by atoms with Crippen molar-refractivity contribution >= 4 is 16.6 Å². The first-order valence-corrected chi connectivity index (χ1v) is 7.07. The molecule has 1 aromatic heterocycles.